The highest BCUT2D eigenvalue weighted by molar-refractivity contribution is 7.16. The summed E-state index contributed by atoms with van der Waals surface area (Å²) in [7, 11) is 2.13. The fourth-order valence-corrected chi connectivity index (χ4v) is 7.87. The number of likely N-dealkylation sites (tertiary alicyclic amines) is 1. The molecule has 3 aromatic rings. The predicted octanol–water partition coefficient (Wildman–Crippen LogP) is 3.99. The molecular formula is C31H38N8O3S. The van der Waals surface area contributed by atoms with Crippen LogP contribution in [-0.4, -0.2) is 82.7 Å². The van der Waals surface area contributed by atoms with Crippen LogP contribution in [0.2, 0.25) is 0 Å². The van der Waals surface area contributed by atoms with Crippen molar-refractivity contribution in [1.82, 2.24) is 24.9 Å². The third-order valence-electron chi connectivity index (χ3n) is 9.02. The van der Waals surface area contributed by atoms with Gasteiger partial charge in [-0.25, -0.2) is 4.98 Å². The molecule has 0 aromatic carbocycles. The predicted molar refractivity (Wildman–Crippen MR) is 165 cm³/mol. The number of amides is 1. The van der Waals surface area contributed by atoms with Gasteiger partial charge >= 0.3 is 0 Å². The SMILES string of the molecule is C=CC(=O)N1CCC(Oc2cc(-c3noc([C@@]4(C)CCCc5sc(N)c(C#N)c54)n3)nc(N3CCN(C)C[C@@H]3C)c2)CC1. The summed E-state index contributed by atoms with van der Waals surface area (Å²) < 4.78 is 12.4. The molecule has 0 bridgehead atoms. The number of carbonyl (C=O) groups is 1. The number of anilines is 2. The molecular weight excluding hydrogens is 564 g/mol. The van der Waals surface area contributed by atoms with Crippen LogP contribution in [0.25, 0.3) is 11.5 Å². The number of thiophene rings is 1. The number of fused-ring (bicyclic) bond motifs is 1. The van der Waals surface area contributed by atoms with Gasteiger partial charge in [0.2, 0.25) is 17.6 Å². The van der Waals surface area contributed by atoms with E-state index in [0.717, 1.165) is 68.0 Å². The van der Waals surface area contributed by atoms with Crippen molar-refractivity contribution in [3.05, 3.63) is 46.7 Å². The molecule has 2 saturated heterocycles. The lowest BCUT2D eigenvalue weighted by Gasteiger charge is -2.39. The fourth-order valence-electron chi connectivity index (χ4n) is 6.68. The number of nitrogens with two attached hydrogens (primary N) is 1. The highest BCUT2D eigenvalue weighted by atomic mass is 32.1. The Morgan fingerprint density at radius 2 is 2.07 bits per heavy atom. The minimum atomic E-state index is -0.613. The summed E-state index contributed by atoms with van der Waals surface area (Å²) in [4.78, 5) is 29.5. The van der Waals surface area contributed by atoms with E-state index in [9.17, 15) is 10.1 Å². The van der Waals surface area contributed by atoms with Gasteiger partial charge in [-0.1, -0.05) is 11.7 Å². The van der Waals surface area contributed by atoms with E-state index in [1.165, 1.54) is 17.4 Å². The van der Waals surface area contributed by atoms with Crippen molar-refractivity contribution >= 4 is 28.1 Å². The Bertz CT molecular complexity index is 1570. The van der Waals surface area contributed by atoms with Crippen molar-refractivity contribution in [2.75, 3.05) is 50.4 Å². The summed E-state index contributed by atoms with van der Waals surface area (Å²) >= 11 is 1.48. The van der Waals surface area contributed by atoms with Gasteiger partial charge in [0.05, 0.1) is 11.0 Å². The van der Waals surface area contributed by atoms with E-state index in [0.29, 0.717) is 46.8 Å². The molecule has 3 aromatic heterocycles. The first-order valence-electron chi connectivity index (χ1n) is 14.9. The third kappa shape index (κ3) is 5.47. The van der Waals surface area contributed by atoms with Crippen molar-refractivity contribution < 1.29 is 14.1 Å². The summed E-state index contributed by atoms with van der Waals surface area (Å²) in [6, 6.07) is 6.44. The first-order chi connectivity index (χ1) is 20.7. The number of piperazine rings is 1. The van der Waals surface area contributed by atoms with Crippen molar-refractivity contribution in [1.29, 1.82) is 5.26 Å². The molecule has 2 atom stereocenters. The van der Waals surface area contributed by atoms with E-state index in [-0.39, 0.29) is 18.1 Å². The van der Waals surface area contributed by atoms with Crippen molar-refractivity contribution in [3.8, 4) is 23.3 Å². The van der Waals surface area contributed by atoms with Gasteiger partial charge in [-0.3, -0.25) is 4.79 Å². The topological polar surface area (TPSA) is 138 Å². The second-order valence-electron chi connectivity index (χ2n) is 12.1. The van der Waals surface area contributed by atoms with Crippen LogP contribution in [0.3, 0.4) is 0 Å². The number of carbonyl (C=O) groups excluding carboxylic acids is 1. The maximum Gasteiger partial charge on any atom is 0.245 e. The normalized spacial score (nSPS) is 23.1. The lowest BCUT2D eigenvalue weighted by atomic mass is 9.72. The molecule has 0 saturated carbocycles. The molecule has 226 valence electrons. The van der Waals surface area contributed by atoms with Gasteiger partial charge in [0.1, 0.15) is 34.4 Å². The second kappa shape index (κ2) is 11.6. The molecule has 1 aliphatic carbocycles. The summed E-state index contributed by atoms with van der Waals surface area (Å²) in [5, 5.41) is 14.8. The van der Waals surface area contributed by atoms with Crippen LogP contribution in [0.1, 0.15) is 61.4 Å². The van der Waals surface area contributed by atoms with Gasteiger partial charge in [-0.2, -0.15) is 10.2 Å². The van der Waals surface area contributed by atoms with Gasteiger partial charge in [0, 0.05) is 74.2 Å². The Hall–Kier alpha value is -3.95. The number of hydrogen-bond donors (Lipinski definition) is 1. The van der Waals surface area contributed by atoms with Gasteiger partial charge < -0.3 is 29.7 Å². The molecule has 2 N–H and O–H groups in total. The number of ether oxygens (including phenoxy) is 1. The first kappa shape index (κ1) is 29.1. The van der Waals surface area contributed by atoms with E-state index < -0.39 is 5.41 Å². The molecule has 5 heterocycles. The largest absolute Gasteiger partial charge is 0.490 e. The van der Waals surface area contributed by atoms with Crippen molar-refractivity contribution in [2.24, 2.45) is 0 Å². The Morgan fingerprint density at radius 3 is 2.79 bits per heavy atom. The van der Waals surface area contributed by atoms with Crippen LogP contribution in [0.15, 0.2) is 29.3 Å². The zero-order valence-corrected chi connectivity index (χ0v) is 25.8. The van der Waals surface area contributed by atoms with Crippen LogP contribution in [0, 0.1) is 11.3 Å². The maximum absolute atomic E-state index is 12.1. The zero-order valence-electron chi connectivity index (χ0n) is 25.0. The monoisotopic (exact) mass is 602 g/mol. The van der Waals surface area contributed by atoms with E-state index in [2.05, 4.69) is 48.5 Å². The fraction of sp³-hybridized carbons (Fsp3) is 0.516. The van der Waals surface area contributed by atoms with Gasteiger partial charge in [0.15, 0.2) is 0 Å². The second-order valence-corrected chi connectivity index (χ2v) is 13.2. The number of pyridine rings is 1. The molecule has 6 rings (SSSR count). The standard InChI is InChI=1S/C31H38N8O3S/c1-5-26(40)38-11-8-20(9-12-38)41-21-15-23(34-25(16-21)39-14-13-37(4)18-19(39)2)29-35-30(42-36-29)31(3)10-6-7-24-27(31)22(17-32)28(33)43-24/h5,15-16,19-20H,1,6-14,18,33H2,2-4H3/t19-,31-/m0/s1. The Morgan fingerprint density at radius 1 is 1.28 bits per heavy atom. The zero-order chi connectivity index (χ0) is 30.3. The average Bonchev–Trinajstić information content (AvgIpc) is 3.63. The lowest BCUT2D eigenvalue weighted by Crippen LogP contribution is -2.50. The molecule has 43 heavy (non-hydrogen) atoms. The summed E-state index contributed by atoms with van der Waals surface area (Å²) in [6.07, 6.45) is 5.40. The molecule has 0 spiro atoms. The molecule has 0 unspecified atom stereocenters. The summed E-state index contributed by atoms with van der Waals surface area (Å²) in [5.74, 6) is 2.29. The van der Waals surface area contributed by atoms with Crippen LogP contribution in [0.4, 0.5) is 10.8 Å². The van der Waals surface area contributed by atoms with Gasteiger partial charge in [-0.15, -0.1) is 11.3 Å². The molecule has 1 amide bonds. The minimum Gasteiger partial charge on any atom is -0.490 e. The van der Waals surface area contributed by atoms with Crippen LogP contribution in [0.5, 0.6) is 5.75 Å². The number of aryl methyl sites for hydroxylation is 1. The van der Waals surface area contributed by atoms with Gasteiger partial charge in [-0.05, 0) is 46.2 Å². The molecule has 2 fully saturated rings. The molecule has 3 aliphatic rings. The van der Waals surface area contributed by atoms with E-state index in [4.69, 9.17) is 25.0 Å². The van der Waals surface area contributed by atoms with E-state index in [1.807, 2.05) is 12.1 Å². The van der Waals surface area contributed by atoms with E-state index >= 15 is 0 Å². The molecule has 12 heteroatoms. The van der Waals surface area contributed by atoms with Crippen molar-refractivity contribution in [2.45, 2.75) is 63.5 Å². The molecule has 2 aliphatic heterocycles. The number of aromatic nitrogens is 3. The minimum absolute atomic E-state index is 0.0317. The van der Waals surface area contributed by atoms with E-state index in [1.54, 1.807) is 4.90 Å². The number of nitrogen functional groups attached to an aromatic ring is 1. The van der Waals surface area contributed by atoms with Gasteiger partial charge in [0.25, 0.3) is 0 Å². The third-order valence-corrected chi connectivity index (χ3v) is 10.1. The molecule has 11 nitrogen and oxygen atoms in total. The smallest absolute Gasteiger partial charge is 0.245 e. The number of hydrogen-bond acceptors (Lipinski definition) is 11. The summed E-state index contributed by atoms with van der Waals surface area (Å²) in [5.41, 5.74) is 7.62. The highest BCUT2D eigenvalue weighted by Crippen LogP contribution is 2.48. The Kier molecular flexibility index (Phi) is 7.87. The number of nitriles is 1. The number of piperidine rings is 1. The van der Waals surface area contributed by atoms with Crippen molar-refractivity contribution in [3.63, 3.8) is 0 Å². The highest BCUT2D eigenvalue weighted by Gasteiger charge is 2.43. The number of likely N-dealkylation sites (N-methyl/N-ethyl adjacent to an activating group) is 1. The average molecular weight is 603 g/mol. The lowest BCUT2D eigenvalue weighted by molar-refractivity contribution is -0.127. The quantitative estimate of drug-likeness (QED) is 0.412. The number of nitrogens with zero attached hydrogens (tertiary/aromatic N) is 7. The maximum atomic E-state index is 12.1. The Labute approximate surface area is 255 Å². The Balaban J connectivity index is 1.33. The summed E-state index contributed by atoms with van der Waals surface area (Å²) in [6.45, 7) is 11.8. The number of rotatable bonds is 6. The van der Waals surface area contributed by atoms with Crippen LogP contribution in [-0.2, 0) is 16.6 Å². The molecule has 0 radical (unpaired) electrons. The van der Waals surface area contributed by atoms with Crippen LogP contribution >= 0.6 is 11.3 Å². The first-order valence-corrected chi connectivity index (χ1v) is 15.7. The van der Waals surface area contributed by atoms with Crippen LogP contribution < -0.4 is 15.4 Å².